The zero-order chi connectivity index (χ0) is 13.4. The first kappa shape index (κ1) is 12.8. The fourth-order valence-electron chi connectivity index (χ4n) is 2.41. The predicted octanol–water partition coefficient (Wildman–Crippen LogP) is 6.81. The van der Waals surface area contributed by atoms with Crippen LogP contribution in [0.4, 0.5) is 0 Å². The molecule has 0 saturated heterocycles. The standard InChI is InChI=1S/C16H14P4/c1-3-11(17-9-1)13-5-7-15(19-13)16-8-6-14(20-16)12-4-2-10-18-12/h1-10,17-20H. The molecule has 0 spiro atoms. The van der Waals surface area contributed by atoms with Gasteiger partial charge in [0.15, 0.2) is 0 Å². The Hall–Kier alpha value is -0.880. The Bertz CT molecular complexity index is 730. The van der Waals surface area contributed by atoms with E-state index in [0.29, 0.717) is 0 Å². The predicted molar refractivity (Wildman–Crippen MR) is 101 cm³/mol. The molecule has 0 amide bonds. The molecule has 4 unspecified atom stereocenters. The van der Waals surface area contributed by atoms with Crippen LogP contribution in [0.25, 0.3) is 31.8 Å². The molecule has 4 atom stereocenters. The summed E-state index contributed by atoms with van der Waals surface area (Å²) in [6.45, 7) is 0. The zero-order valence-corrected chi connectivity index (χ0v) is 14.8. The maximum Gasteiger partial charge on any atom is 0.00253 e. The first-order chi connectivity index (χ1) is 9.90. The number of hydrogen-bond acceptors (Lipinski definition) is 0. The van der Waals surface area contributed by atoms with Crippen LogP contribution in [-0.2, 0) is 0 Å². The summed E-state index contributed by atoms with van der Waals surface area (Å²) in [5.74, 6) is 4.55. The second kappa shape index (κ2) is 5.48. The molecule has 0 radical (unpaired) electrons. The molecule has 0 aliphatic heterocycles. The Kier molecular flexibility index (Phi) is 3.52. The molecule has 4 heterocycles. The van der Waals surface area contributed by atoms with Crippen molar-refractivity contribution in [3.8, 4) is 31.8 Å². The van der Waals surface area contributed by atoms with E-state index in [-0.39, 0.29) is 0 Å². The minimum absolute atomic E-state index is 0.852. The lowest BCUT2D eigenvalue weighted by molar-refractivity contribution is 1.90. The van der Waals surface area contributed by atoms with Gasteiger partial charge in [0.2, 0.25) is 0 Å². The highest BCUT2D eigenvalue weighted by atomic mass is 31.1. The van der Waals surface area contributed by atoms with Crippen LogP contribution >= 0.6 is 32.8 Å². The third-order valence-corrected chi connectivity index (χ3v) is 9.22. The monoisotopic (exact) mass is 330 g/mol. The van der Waals surface area contributed by atoms with Crippen molar-refractivity contribution in [1.82, 2.24) is 0 Å². The van der Waals surface area contributed by atoms with Gasteiger partial charge in [0, 0.05) is 31.8 Å². The summed E-state index contributed by atoms with van der Waals surface area (Å²) in [5.41, 5.74) is 0. The molecular formula is C16H14P4. The first-order valence-electron chi connectivity index (χ1n) is 6.56. The van der Waals surface area contributed by atoms with Crippen molar-refractivity contribution >= 4 is 32.8 Å². The fraction of sp³-hybridized carbons (Fsp3) is 0. The van der Waals surface area contributed by atoms with Crippen molar-refractivity contribution in [3.63, 3.8) is 0 Å². The molecule has 98 valence electrons. The second-order valence-electron chi connectivity index (χ2n) is 4.74. The molecule has 0 aromatic carbocycles. The lowest BCUT2D eigenvalue weighted by Gasteiger charge is -1.94. The molecule has 0 bridgehead atoms. The van der Waals surface area contributed by atoms with Gasteiger partial charge in [-0.1, -0.05) is 24.3 Å². The molecule has 4 rings (SSSR count). The highest BCUT2D eigenvalue weighted by Gasteiger charge is 2.06. The molecular weight excluding hydrogens is 316 g/mol. The van der Waals surface area contributed by atoms with Crippen LogP contribution in [-0.4, -0.2) is 0 Å². The minimum atomic E-state index is 0.852. The Labute approximate surface area is 125 Å². The third kappa shape index (κ3) is 2.39. The summed E-state index contributed by atoms with van der Waals surface area (Å²) in [6, 6.07) is 18.3. The molecule has 0 aliphatic rings. The van der Waals surface area contributed by atoms with Crippen LogP contribution in [0, 0.1) is 0 Å². The van der Waals surface area contributed by atoms with Gasteiger partial charge in [-0.15, -0.1) is 32.8 Å². The Morgan fingerprint density at radius 3 is 1.20 bits per heavy atom. The van der Waals surface area contributed by atoms with E-state index in [0.717, 1.165) is 32.8 Å². The minimum Gasteiger partial charge on any atom is -0.131 e. The molecule has 0 N–H and O–H groups in total. The van der Waals surface area contributed by atoms with Gasteiger partial charge in [-0.2, -0.15) is 0 Å². The van der Waals surface area contributed by atoms with E-state index in [2.05, 4.69) is 60.1 Å². The van der Waals surface area contributed by atoms with Crippen molar-refractivity contribution < 1.29 is 0 Å². The average molecular weight is 330 g/mol. The summed E-state index contributed by atoms with van der Waals surface area (Å²) in [5, 5.41) is 9.27. The molecule has 20 heavy (non-hydrogen) atoms. The van der Waals surface area contributed by atoms with E-state index in [4.69, 9.17) is 0 Å². The average Bonchev–Trinajstić information content (AvgIpc) is 3.22. The number of rotatable bonds is 3. The van der Waals surface area contributed by atoms with E-state index in [1.807, 2.05) is 0 Å². The van der Waals surface area contributed by atoms with Crippen LogP contribution in [0.1, 0.15) is 0 Å². The van der Waals surface area contributed by atoms with Gasteiger partial charge in [0.1, 0.15) is 0 Å². The largest absolute Gasteiger partial charge is 0.131 e. The fourth-order valence-corrected chi connectivity index (χ4v) is 7.32. The highest BCUT2D eigenvalue weighted by Crippen LogP contribution is 2.47. The van der Waals surface area contributed by atoms with Crippen LogP contribution in [0.2, 0.25) is 0 Å². The van der Waals surface area contributed by atoms with Crippen LogP contribution in [0.15, 0.2) is 60.1 Å². The van der Waals surface area contributed by atoms with Gasteiger partial charge in [-0.05, 0) is 35.9 Å². The molecule has 0 saturated carbocycles. The molecule has 0 nitrogen and oxygen atoms in total. The SMILES string of the molecule is c1c[pH]c(-c2ccc(-c3ccc(-c4ccc[pH]4)[pH]3)[pH]2)c1. The summed E-state index contributed by atoms with van der Waals surface area (Å²) in [6.07, 6.45) is 0. The Morgan fingerprint density at radius 1 is 0.450 bits per heavy atom. The second-order valence-corrected chi connectivity index (χ2v) is 9.72. The zero-order valence-electron chi connectivity index (χ0n) is 10.8. The van der Waals surface area contributed by atoms with E-state index < -0.39 is 0 Å². The van der Waals surface area contributed by atoms with E-state index in [1.165, 1.54) is 10.6 Å². The van der Waals surface area contributed by atoms with Gasteiger partial charge in [0.05, 0.1) is 0 Å². The molecule has 4 heteroatoms. The van der Waals surface area contributed by atoms with Crippen molar-refractivity contribution in [2.24, 2.45) is 0 Å². The molecule has 0 aliphatic carbocycles. The lowest BCUT2D eigenvalue weighted by Crippen LogP contribution is -1.54. The molecule has 4 aromatic heterocycles. The lowest BCUT2D eigenvalue weighted by atomic mass is 10.3. The topological polar surface area (TPSA) is 0 Å². The molecule has 0 fully saturated rings. The number of hydrogen-bond donors (Lipinski definition) is 0. The summed E-state index contributed by atoms with van der Waals surface area (Å²) in [7, 11) is 3.45. The van der Waals surface area contributed by atoms with Crippen molar-refractivity contribution in [2.75, 3.05) is 0 Å². The van der Waals surface area contributed by atoms with Crippen LogP contribution in [0.3, 0.4) is 0 Å². The normalized spacial score (nSPS) is 12.6. The van der Waals surface area contributed by atoms with Crippen molar-refractivity contribution in [2.45, 2.75) is 0 Å². The van der Waals surface area contributed by atoms with Gasteiger partial charge < -0.3 is 0 Å². The third-order valence-electron chi connectivity index (χ3n) is 3.44. The smallest absolute Gasteiger partial charge is 0.00253 e. The van der Waals surface area contributed by atoms with Gasteiger partial charge >= 0.3 is 0 Å². The quantitative estimate of drug-likeness (QED) is 0.387. The van der Waals surface area contributed by atoms with Gasteiger partial charge in [0.25, 0.3) is 0 Å². The molecule has 4 aromatic rings. The Balaban J connectivity index is 1.68. The Morgan fingerprint density at radius 2 is 0.850 bits per heavy atom. The van der Waals surface area contributed by atoms with E-state index in [9.17, 15) is 0 Å². The van der Waals surface area contributed by atoms with E-state index >= 15 is 0 Å². The van der Waals surface area contributed by atoms with Crippen molar-refractivity contribution in [3.05, 3.63) is 60.1 Å². The summed E-state index contributed by atoms with van der Waals surface area (Å²) >= 11 is 0. The van der Waals surface area contributed by atoms with Gasteiger partial charge in [-0.3, -0.25) is 0 Å². The van der Waals surface area contributed by atoms with Crippen molar-refractivity contribution in [1.29, 1.82) is 0 Å². The summed E-state index contributed by atoms with van der Waals surface area (Å²) < 4.78 is 0. The van der Waals surface area contributed by atoms with Gasteiger partial charge in [-0.25, -0.2) is 0 Å². The highest BCUT2D eigenvalue weighted by molar-refractivity contribution is 7.46. The maximum absolute atomic E-state index is 2.34. The van der Waals surface area contributed by atoms with Crippen LogP contribution in [0.5, 0.6) is 0 Å². The van der Waals surface area contributed by atoms with E-state index in [1.54, 1.807) is 21.2 Å². The van der Waals surface area contributed by atoms with Crippen LogP contribution < -0.4 is 0 Å². The first-order valence-corrected chi connectivity index (χ1v) is 10.7. The summed E-state index contributed by atoms with van der Waals surface area (Å²) in [4.78, 5) is 0. The maximum atomic E-state index is 2.34.